The van der Waals surface area contributed by atoms with E-state index in [-0.39, 0.29) is 12.4 Å². The van der Waals surface area contributed by atoms with E-state index in [0.29, 0.717) is 17.0 Å². The summed E-state index contributed by atoms with van der Waals surface area (Å²) in [7, 11) is 0. The Kier molecular flexibility index (Phi) is 3.80. The predicted molar refractivity (Wildman–Crippen MR) is 71.1 cm³/mol. The van der Waals surface area contributed by atoms with Crippen molar-refractivity contribution in [3.63, 3.8) is 0 Å². The third-order valence-electron chi connectivity index (χ3n) is 2.83. The van der Waals surface area contributed by atoms with E-state index in [4.69, 9.17) is 4.74 Å². The van der Waals surface area contributed by atoms with Crippen LogP contribution < -0.4 is 0 Å². The number of aromatic amines is 1. The molecule has 1 aromatic heterocycles. The molecule has 0 aliphatic heterocycles. The van der Waals surface area contributed by atoms with Crippen LogP contribution in [0, 0.1) is 6.92 Å². The molecule has 98 valence electrons. The molecule has 1 heterocycles. The average molecular weight is 257 g/mol. The molecule has 0 amide bonds. The molecule has 0 spiro atoms. The highest BCUT2D eigenvalue weighted by molar-refractivity contribution is 5.98. The Morgan fingerprint density at radius 2 is 1.89 bits per heavy atom. The molecule has 19 heavy (non-hydrogen) atoms. The van der Waals surface area contributed by atoms with Gasteiger partial charge in [0.1, 0.15) is 12.3 Å². The molecule has 2 aromatic rings. The summed E-state index contributed by atoms with van der Waals surface area (Å²) >= 11 is 0. The highest BCUT2D eigenvalue weighted by Crippen LogP contribution is 2.12. The van der Waals surface area contributed by atoms with Crippen LogP contribution in [-0.2, 0) is 11.3 Å². The van der Waals surface area contributed by atoms with Crippen LogP contribution in [0.4, 0.5) is 0 Å². The number of benzene rings is 1. The van der Waals surface area contributed by atoms with E-state index in [0.717, 1.165) is 5.56 Å². The van der Waals surface area contributed by atoms with Gasteiger partial charge in [-0.3, -0.25) is 4.79 Å². The fourth-order valence-electron chi connectivity index (χ4n) is 1.83. The van der Waals surface area contributed by atoms with Crippen molar-refractivity contribution in [2.45, 2.75) is 20.5 Å². The van der Waals surface area contributed by atoms with Crippen molar-refractivity contribution >= 4 is 11.8 Å². The Morgan fingerprint density at radius 1 is 1.21 bits per heavy atom. The Balaban J connectivity index is 2.04. The lowest BCUT2D eigenvalue weighted by Crippen LogP contribution is -2.05. The van der Waals surface area contributed by atoms with Crippen LogP contribution in [0.5, 0.6) is 0 Å². The molecule has 0 radical (unpaired) electrons. The summed E-state index contributed by atoms with van der Waals surface area (Å²) < 4.78 is 5.18. The van der Waals surface area contributed by atoms with Crippen molar-refractivity contribution in [1.29, 1.82) is 0 Å². The quantitative estimate of drug-likeness (QED) is 0.676. The number of nitrogens with one attached hydrogen (secondary N) is 1. The first-order chi connectivity index (χ1) is 9.08. The van der Waals surface area contributed by atoms with Crippen molar-refractivity contribution in [3.8, 4) is 0 Å². The molecule has 0 fully saturated rings. The topological polar surface area (TPSA) is 59.2 Å². The molecule has 0 saturated heterocycles. The minimum Gasteiger partial charge on any atom is -0.456 e. The van der Waals surface area contributed by atoms with E-state index < -0.39 is 5.97 Å². The van der Waals surface area contributed by atoms with Crippen LogP contribution in [-0.4, -0.2) is 16.7 Å². The van der Waals surface area contributed by atoms with Gasteiger partial charge in [0.2, 0.25) is 0 Å². The number of aromatic nitrogens is 1. The molecule has 0 aliphatic rings. The predicted octanol–water partition coefficient (Wildman–Crippen LogP) is 2.88. The molecule has 0 bridgehead atoms. The first-order valence-corrected chi connectivity index (χ1v) is 5.99. The molecule has 0 aliphatic carbocycles. The molecule has 4 heteroatoms. The number of hydrogen-bond donors (Lipinski definition) is 1. The van der Waals surface area contributed by atoms with E-state index in [2.05, 4.69) is 4.98 Å². The lowest BCUT2D eigenvalue weighted by molar-refractivity contribution is 0.0466. The van der Waals surface area contributed by atoms with Gasteiger partial charge in [0, 0.05) is 11.3 Å². The van der Waals surface area contributed by atoms with E-state index in [1.807, 2.05) is 30.3 Å². The number of hydrogen-bond acceptors (Lipinski definition) is 3. The zero-order chi connectivity index (χ0) is 13.8. The Labute approximate surface area is 111 Å². The van der Waals surface area contributed by atoms with Gasteiger partial charge in [-0.1, -0.05) is 30.3 Å². The number of rotatable bonds is 4. The highest BCUT2D eigenvalue weighted by Gasteiger charge is 2.15. The number of aryl methyl sites for hydroxylation is 1. The lowest BCUT2D eigenvalue weighted by atomic mass is 10.2. The number of H-pyrrole nitrogens is 1. The zero-order valence-corrected chi connectivity index (χ0v) is 10.9. The number of carbonyl (C=O) groups excluding carboxylic acids is 2. The molecular formula is C15H15NO3. The third kappa shape index (κ3) is 3.10. The Morgan fingerprint density at radius 3 is 2.47 bits per heavy atom. The SMILES string of the molecule is CC(=O)c1cc(C(=O)OCc2ccccc2)[nH]c1C. The van der Waals surface area contributed by atoms with Gasteiger partial charge in [-0.25, -0.2) is 4.79 Å². The van der Waals surface area contributed by atoms with Gasteiger partial charge < -0.3 is 9.72 Å². The lowest BCUT2D eigenvalue weighted by Gasteiger charge is -2.03. The van der Waals surface area contributed by atoms with E-state index in [9.17, 15) is 9.59 Å². The van der Waals surface area contributed by atoms with Crippen molar-refractivity contribution in [2.75, 3.05) is 0 Å². The molecule has 0 atom stereocenters. The minimum absolute atomic E-state index is 0.0733. The van der Waals surface area contributed by atoms with Crippen LogP contribution in [0.1, 0.15) is 39.0 Å². The maximum absolute atomic E-state index is 11.8. The summed E-state index contributed by atoms with van der Waals surface area (Å²) in [5.41, 5.74) is 2.43. The van der Waals surface area contributed by atoms with Crippen LogP contribution in [0.3, 0.4) is 0 Å². The monoisotopic (exact) mass is 257 g/mol. The average Bonchev–Trinajstić information content (AvgIpc) is 2.79. The fourth-order valence-corrected chi connectivity index (χ4v) is 1.83. The smallest absolute Gasteiger partial charge is 0.355 e. The summed E-state index contributed by atoms with van der Waals surface area (Å²) in [6.07, 6.45) is 0. The van der Waals surface area contributed by atoms with Crippen LogP contribution in [0.2, 0.25) is 0 Å². The summed E-state index contributed by atoms with van der Waals surface area (Å²) in [5, 5.41) is 0. The highest BCUT2D eigenvalue weighted by atomic mass is 16.5. The van der Waals surface area contributed by atoms with E-state index >= 15 is 0 Å². The van der Waals surface area contributed by atoms with Crippen molar-refractivity contribution in [3.05, 3.63) is 58.9 Å². The molecular weight excluding hydrogens is 242 g/mol. The Hall–Kier alpha value is -2.36. The normalized spacial score (nSPS) is 10.2. The van der Waals surface area contributed by atoms with Crippen LogP contribution in [0.15, 0.2) is 36.4 Å². The standard InChI is InChI=1S/C15H15NO3/c1-10-13(11(2)17)8-14(16-10)15(18)19-9-12-6-4-3-5-7-12/h3-8,16H,9H2,1-2H3. The maximum atomic E-state index is 11.8. The summed E-state index contributed by atoms with van der Waals surface area (Å²) in [4.78, 5) is 26.0. The number of carbonyl (C=O) groups is 2. The summed E-state index contributed by atoms with van der Waals surface area (Å²) in [6.45, 7) is 3.44. The largest absolute Gasteiger partial charge is 0.456 e. The number of Topliss-reactive ketones (excluding diaryl/α,β-unsaturated/α-hetero) is 1. The molecule has 0 unspecified atom stereocenters. The summed E-state index contributed by atoms with van der Waals surface area (Å²) in [5.74, 6) is -0.532. The second-order valence-electron chi connectivity index (χ2n) is 4.34. The van der Waals surface area contributed by atoms with Crippen LogP contribution >= 0.6 is 0 Å². The first-order valence-electron chi connectivity index (χ1n) is 5.99. The molecule has 4 nitrogen and oxygen atoms in total. The second-order valence-corrected chi connectivity index (χ2v) is 4.34. The van der Waals surface area contributed by atoms with Gasteiger partial charge in [-0.2, -0.15) is 0 Å². The number of ether oxygens (including phenoxy) is 1. The maximum Gasteiger partial charge on any atom is 0.355 e. The van der Waals surface area contributed by atoms with Gasteiger partial charge in [0.25, 0.3) is 0 Å². The van der Waals surface area contributed by atoms with Gasteiger partial charge in [0.15, 0.2) is 5.78 Å². The van der Waals surface area contributed by atoms with Gasteiger partial charge in [-0.05, 0) is 25.5 Å². The molecule has 1 N–H and O–H groups in total. The van der Waals surface area contributed by atoms with Crippen molar-refractivity contribution in [1.82, 2.24) is 4.98 Å². The van der Waals surface area contributed by atoms with Gasteiger partial charge in [0.05, 0.1) is 0 Å². The number of esters is 1. The van der Waals surface area contributed by atoms with Crippen LogP contribution in [0.25, 0.3) is 0 Å². The fraction of sp³-hybridized carbons (Fsp3) is 0.200. The molecule has 1 aromatic carbocycles. The van der Waals surface area contributed by atoms with Gasteiger partial charge >= 0.3 is 5.97 Å². The zero-order valence-electron chi connectivity index (χ0n) is 10.9. The van der Waals surface area contributed by atoms with E-state index in [1.165, 1.54) is 13.0 Å². The first kappa shape index (κ1) is 13.1. The number of ketones is 1. The molecule has 2 rings (SSSR count). The van der Waals surface area contributed by atoms with Gasteiger partial charge in [-0.15, -0.1) is 0 Å². The molecule has 0 saturated carbocycles. The second kappa shape index (κ2) is 5.52. The minimum atomic E-state index is -0.459. The third-order valence-corrected chi connectivity index (χ3v) is 2.83. The van der Waals surface area contributed by atoms with Crippen molar-refractivity contribution < 1.29 is 14.3 Å². The Bertz CT molecular complexity index is 599. The summed E-state index contributed by atoms with van der Waals surface area (Å²) in [6, 6.07) is 11.0. The van der Waals surface area contributed by atoms with E-state index in [1.54, 1.807) is 6.92 Å². The van der Waals surface area contributed by atoms with Crippen molar-refractivity contribution in [2.24, 2.45) is 0 Å².